The Morgan fingerprint density at radius 3 is 2.82 bits per heavy atom. The molecule has 0 spiro atoms. The van der Waals surface area contributed by atoms with Crippen molar-refractivity contribution in [2.45, 2.75) is 44.9 Å². The van der Waals surface area contributed by atoms with E-state index in [-0.39, 0.29) is 35.6 Å². The molecule has 1 aliphatic rings. The average Bonchev–Trinajstić information content (AvgIpc) is 3.17. The molecule has 0 radical (unpaired) electrons. The number of Topliss-reactive ketones (excluding diaryl/α,β-unsaturated/α-hetero) is 2. The molecular weight excluding hydrogens is 354 g/mol. The predicted octanol–water partition coefficient (Wildman–Crippen LogP) is 4.42. The fourth-order valence-electron chi connectivity index (χ4n) is 3.93. The molecule has 1 heterocycles. The van der Waals surface area contributed by atoms with Crippen molar-refractivity contribution in [1.29, 1.82) is 0 Å². The molecule has 2 aromatic rings. The molecule has 0 fully saturated rings. The predicted molar refractivity (Wildman–Crippen MR) is 109 cm³/mol. The zero-order valence-electron chi connectivity index (χ0n) is 16.4. The van der Waals surface area contributed by atoms with Gasteiger partial charge in [0.05, 0.1) is 13.5 Å². The maximum Gasteiger partial charge on any atom is 0.160 e. The molecule has 1 aromatic heterocycles. The number of hydrogen-bond acceptors (Lipinski definition) is 4. The van der Waals surface area contributed by atoms with E-state index in [0.717, 1.165) is 24.1 Å². The van der Waals surface area contributed by atoms with Gasteiger partial charge in [-0.1, -0.05) is 25.5 Å². The van der Waals surface area contributed by atoms with Crippen LogP contribution >= 0.6 is 0 Å². The lowest BCUT2D eigenvalue weighted by molar-refractivity contribution is -0.128. The first-order valence-electron chi connectivity index (χ1n) is 9.79. The van der Waals surface area contributed by atoms with Crippen molar-refractivity contribution >= 4 is 17.6 Å². The number of nitrogens with one attached hydrogen (secondary N) is 1. The molecule has 2 atom stereocenters. The van der Waals surface area contributed by atoms with Gasteiger partial charge in [-0.15, -0.1) is 0 Å². The Bertz CT molecular complexity index is 880. The first-order valence-corrected chi connectivity index (χ1v) is 9.79. The highest BCUT2D eigenvalue weighted by atomic mass is 16.5. The molecule has 1 aliphatic carbocycles. The number of carbonyl (C=O) groups excluding carboxylic acids is 2. The first kappa shape index (κ1) is 19.9. The number of H-pyrrole nitrogens is 1. The van der Waals surface area contributed by atoms with Crippen LogP contribution in [0, 0.1) is 5.92 Å². The number of ether oxygens (including phenoxy) is 1. The fraction of sp³-hybridized carbons (Fsp3) is 0.391. The summed E-state index contributed by atoms with van der Waals surface area (Å²) >= 11 is 0. The van der Waals surface area contributed by atoms with E-state index in [9.17, 15) is 14.7 Å². The molecule has 28 heavy (non-hydrogen) atoms. The number of ketones is 2. The summed E-state index contributed by atoms with van der Waals surface area (Å²) in [5.74, 6) is 0.301. The van der Waals surface area contributed by atoms with E-state index in [1.54, 1.807) is 18.2 Å². The van der Waals surface area contributed by atoms with Crippen LogP contribution in [-0.2, 0) is 16.0 Å². The van der Waals surface area contributed by atoms with Crippen LogP contribution in [0.1, 0.15) is 55.3 Å². The molecule has 0 aliphatic heterocycles. The second-order valence-electron chi connectivity index (χ2n) is 7.31. The fourth-order valence-corrected chi connectivity index (χ4v) is 3.93. The highest BCUT2D eigenvalue weighted by Crippen LogP contribution is 2.38. The minimum absolute atomic E-state index is 0.00478. The number of phenolic OH excluding ortho intramolecular Hbond substituents is 1. The Kier molecular flexibility index (Phi) is 6.34. The van der Waals surface area contributed by atoms with Gasteiger partial charge < -0.3 is 14.8 Å². The van der Waals surface area contributed by atoms with Crippen molar-refractivity contribution in [1.82, 2.24) is 4.98 Å². The number of aryl methyl sites for hydroxylation is 1. The minimum Gasteiger partial charge on any atom is -0.504 e. The Morgan fingerprint density at radius 2 is 2.07 bits per heavy atom. The highest BCUT2D eigenvalue weighted by molar-refractivity contribution is 6.01. The zero-order valence-corrected chi connectivity index (χ0v) is 16.4. The number of allylic oxidation sites excluding steroid dienone is 1. The molecule has 5 nitrogen and oxygen atoms in total. The van der Waals surface area contributed by atoms with Crippen molar-refractivity contribution in [3.05, 3.63) is 53.4 Å². The van der Waals surface area contributed by atoms with E-state index in [2.05, 4.69) is 11.9 Å². The smallest absolute Gasteiger partial charge is 0.160 e. The molecule has 0 bridgehead atoms. The molecule has 0 amide bonds. The van der Waals surface area contributed by atoms with Crippen LogP contribution in [-0.4, -0.2) is 28.8 Å². The van der Waals surface area contributed by atoms with Crippen LogP contribution in [0.3, 0.4) is 0 Å². The number of methoxy groups -OCH3 is 1. The minimum atomic E-state index is -0.235. The van der Waals surface area contributed by atoms with E-state index < -0.39 is 0 Å². The largest absolute Gasteiger partial charge is 0.504 e. The molecule has 5 heteroatoms. The van der Waals surface area contributed by atoms with Crippen LogP contribution in [0.4, 0.5) is 0 Å². The van der Waals surface area contributed by atoms with Gasteiger partial charge in [0.2, 0.25) is 0 Å². The Balaban J connectivity index is 1.60. The summed E-state index contributed by atoms with van der Waals surface area (Å²) in [4.78, 5) is 28.5. The quantitative estimate of drug-likeness (QED) is 0.630. The van der Waals surface area contributed by atoms with Crippen LogP contribution < -0.4 is 4.74 Å². The summed E-state index contributed by atoms with van der Waals surface area (Å²) in [6.07, 6.45) is 8.49. The number of aromatic nitrogens is 1. The summed E-state index contributed by atoms with van der Waals surface area (Å²) in [6.45, 7) is 2.11. The first-order chi connectivity index (χ1) is 13.5. The monoisotopic (exact) mass is 381 g/mol. The molecule has 0 saturated heterocycles. The number of aromatic hydroxyl groups is 1. The van der Waals surface area contributed by atoms with Crippen LogP contribution in [0.15, 0.2) is 36.5 Å². The molecule has 0 saturated carbocycles. The third-order valence-corrected chi connectivity index (χ3v) is 5.40. The second-order valence-corrected chi connectivity index (χ2v) is 7.31. The van der Waals surface area contributed by atoms with E-state index in [1.807, 2.05) is 24.4 Å². The van der Waals surface area contributed by atoms with Crippen molar-refractivity contribution < 1.29 is 19.4 Å². The van der Waals surface area contributed by atoms with Gasteiger partial charge in [-0.2, -0.15) is 0 Å². The van der Waals surface area contributed by atoms with Gasteiger partial charge in [-0.25, -0.2) is 0 Å². The summed E-state index contributed by atoms with van der Waals surface area (Å²) in [5.41, 5.74) is 3.13. The van der Waals surface area contributed by atoms with E-state index >= 15 is 0 Å². The standard InChI is InChI=1S/C23H27NO4/c1-3-4-17-18-11-12-24-20(18)9-8-19(17)22(27)14-16(25)7-5-15-6-10-21(26)23(13-15)28-2/h6,8-13,17,19,24,26H,3-5,7,14H2,1-2H3. The SMILES string of the molecule is CCCC1c2cc[nH]c2C=CC1C(=O)CC(=O)CCc1ccc(O)c(OC)c1. The maximum atomic E-state index is 12.8. The van der Waals surface area contributed by atoms with Crippen LogP contribution in [0.2, 0.25) is 0 Å². The number of fused-ring (bicyclic) bond motifs is 1. The zero-order chi connectivity index (χ0) is 20.1. The second kappa shape index (κ2) is 8.91. The van der Waals surface area contributed by atoms with Crippen LogP contribution in [0.25, 0.3) is 6.08 Å². The van der Waals surface area contributed by atoms with Gasteiger partial charge in [0.25, 0.3) is 0 Å². The van der Waals surface area contributed by atoms with Gasteiger partial charge in [-0.3, -0.25) is 9.59 Å². The molecule has 3 rings (SSSR count). The van der Waals surface area contributed by atoms with E-state index in [4.69, 9.17) is 4.74 Å². The van der Waals surface area contributed by atoms with Crippen LogP contribution in [0.5, 0.6) is 11.5 Å². The highest BCUT2D eigenvalue weighted by Gasteiger charge is 2.31. The molecule has 2 N–H and O–H groups in total. The van der Waals surface area contributed by atoms with Gasteiger partial charge >= 0.3 is 0 Å². The number of phenols is 1. The summed E-state index contributed by atoms with van der Waals surface area (Å²) < 4.78 is 5.09. The Labute approximate surface area is 165 Å². The number of hydrogen-bond donors (Lipinski definition) is 2. The number of carbonyl (C=O) groups is 2. The summed E-state index contributed by atoms with van der Waals surface area (Å²) in [7, 11) is 1.49. The van der Waals surface area contributed by atoms with Crippen molar-refractivity contribution in [2.75, 3.05) is 7.11 Å². The van der Waals surface area contributed by atoms with Gasteiger partial charge in [0.1, 0.15) is 11.6 Å². The lowest BCUT2D eigenvalue weighted by Crippen LogP contribution is -2.25. The van der Waals surface area contributed by atoms with Gasteiger partial charge in [0, 0.05) is 24.2 Å². The molecular formula is C23H27NO4. The molecule has 1 aromatic carbocycles. The lowest BCUT2D eigenvalue weighted by atomic mass is 9.76. The molecule has 148 valence electrons. The lowest BCUT2D eigenvalue weighted by Gasteiger charge is -2.26. The maximum absolute atomic E-state index is 12.8. The molecule has 2 unspecified atom stereocenters. The third kappa shape index (κ3) is 4.35. The normalized spacial score (nSPS) is 17.9. The van der Waals surface area contributed by atoms with Crippen molar-refractivity contribution in [3.8, 4) is 11.5 Å². The average molecular weight is 381 g/mol. The van der Waals surface area contributed by atoms with Gasteiger partial charge in [0.15, 0.2) is 11.5 Å². The topological polar surface area (TPSA) is 79.4 Å². The Morgan fingerprint density at radius 1 is 1.25 bits per heavy atom. The van der Waals surface area contributed by atoms with Crippen molar-refractivity contribution in [2.24, 2.45) is 5.92 Å². The van der Waals surface area contributed by atoms with E-state index in [1.165, 1.54) is 12.7 Å². The Hall–Kier alpha value is -2.82. The third-order valence-electron chi connectivity index (χ3n) is 5.40. The number of aromatic amines is 1. The number of rotatable bonds is 9. The summed E-state index contributed by atoms with van der Waals surface area (Å²) in [5, 5.41) is 9.65. The van der Waals surface area contributed by atoms with Gasteiger partial charge in [-0.05, 0) is 54.2 Å². The van der Waals surface area contributed by atoms with Crippen molar-refractivity contribution in [3.63, 3.8) is 0 Å². The summed E-state index contributed by atoms with van der Waals surface area (Å²) in [6, 6.07) is 7.08. The van der Waals surface area contributed by atoms with E-state index in [0.29, 0.717) is 18.6 Å². The number of benzene rings is 1.